The van der Waals surface area contributed by atoms with Gasteiger partial charge in [0.05, 0.1) is 5.02 Å². The smallest absolute Gasteiger partial charge is 0.0634 e. The van der Waals surface area contributed by atoms with Crippen LogP contribution < -0.4 is 5.32 Å². The van der Waals surface area contributed by atoms with Crippen LogP contribution in [0.15, 0.2) is 48.8 Å². The van der Waals surface area contributed by atoms with E-state index < -0.39 is 0 Å². The second-order valence-corrected chi connectivity index (χ2v) is 3.96. The Balaban J connectivity index is 1.87. The third-order valence-electron chi connectivity index (χ3n) is 2.34. The summed E-state index contributed by atoms with van der Waals surface area (Å²) < 4.78 is 0. The molecule has 2 aromatic rings. The van der Waals surface area contributed by atoms with Crippen molar-refractivity contribution >= 4 is 11.6 Å². The minimum absolute atomic E-state index is 0.711. The largest absolute Gasteiger partial charge is 0.309 e. The van der Waals surface area contributed by atoms with Crippen LogP contribution in [0.5, 0.6) is 0 Å². The first-order valence-corrected chi connectivity index (χ1v) is 5.57. The molecule has 0 saturated carbocycles. The highest BCUT2D eigenvalue weighted by atomic mass is 35.5. The molecule has 1 aromatic heterocycles. The summed E-state index contributed by atoms with van der Waals surface area (Å²) in [4.78, 5) is 3.95. The Hall–Kier alpha value is -1.38. The Morgan fingerprint density at radius 2 is 1.88 bits per heavy atom. The van der Waals surface area contributed by atoms with E-state index in [9.17, 15) is 0 Å². The molecule has 0 spiro atoms. The van der Waals surface area contributed by atoms with Crippen LogP contribution in [-0.2, 0) is 13.1 Å². The van der Waals surface area contributed by atoms with Crippen molar-refractivity contribution in [2.75, 3.05) is 0 Å². The zero-order valence-corrected chi connectivity index (χ0v) is 9.61. The lowest BCUT2D eigenvalue weighted by molar-refractivity contribution is 0.693. The first-order chi connectivity index (χ1) is 7.86. The van der Waals surface area contributed by atoms with Gasteiger partial charge in [-0.05, 0) is 17.2 Å². The van der Waals surface area contributed by atoms with Crippen LogP contribution in [0.1, 0.15) is 11.1 Å². The molecule has 1 N–H and O–H groups in total. The van der Waals surface area contributed by atoms with E-state index in [-0.39, 0.29) is 0 Å². The molecule has 0 aliphatic rings. The zero-order chi connectivity index (χ0) is 11.2. The summed E-state index contributed by atoms with van der Waals surface area (Å²) in [6, 6.07) is 12.2. The first-order valence-electron chi connectivity index (χ1n) is 5.19. The molecule has 0 radical (unpaired) electrons. The van der Waals surface area contributed by atoms with Gasteiger partial charge < -0.3 is 5.32 Å². The summed E-state index contributed by atoms with van der Waals surface area (Å²) in [5.74, 6) is 0. The minimum Gasteiger partial charge on any atom is -0.309 e. The van der Waals surface area contributed by atoms with Crippen molar-refractivity contribution in [2.24, 2.45) is 0 Å². The van der Waals surface area contributed by atoms with Crippen LogP contribution >= 0.6 is 11.6 Å². The monoisotopic (exact) mass is 232 g/mol. The maximum Gasteiger partial charge on any atom is 0.0634 e. The maximum atomic E-state index is 6.00. The molecule has 2 nitrogen and oxygen atoms in total. The molecule has 0 atom stereocenters. The number of benzene rings is 1. The van der Waals surface area contributed by atoms with E-state index in [1.54, 1.807) is 12.4 Å². The lowest BCUT2D eigenvalue weighted by Gasteiger charge is -2.06. The van der Waals surface area contributed by atoms with Crippen molar-refractivity contribution in [3.63, 3.8) is 0 Å². The number of pyridine rings is 1. The molecule has 0 fully saturated rings. The number of aromatic nitrogens is 1. The summed E-state index contributed by atoms with van der Waals surface area (Å²) in [5.41, 5.74) is 2.35. The fourth-order valence-electron chi connectivity index (χ4n) is 1.48. The summed E-state index contributed by atoms with van der Waals surface area (Å²) in [5, 5.41) is 4.06. The van der Waals surface area contributed by atoms with E-state index in [0.29, 0.717) is 5.02 Å². The summed E-state index contributed by atoms with van der Waals surface area (Å²) in [7, 11) is 0. The Labute approximate surface area is 100 Å². The molecule has 0 bridgehead atoms. The second kappa shape index (κ2) is 5.64. The predicted molar refractivity (Wildman–Crippen MR) is 66.2 cm³/mol. The molecule has 0 unspecified atom stereocenters. The van der Waals surface area contributed by atoms with E-state index in [0.717, 1.165) is 18.7 Å². The van der Waals surface area contributed by atoms with Crippen LogP contribution in [0.3, 0.4) is 0 Å². The van der Waals surface area contributed by atoms with Crippen LogP contribution in [0, 0.1) is 0 Å². The highest BCUT2D eigenvalue weighted by Gasteiger charge is 1.98. The molecular weight excluding hydrogens is 220 g/mol. The number of hydrogen-bond acceptors (Lipinski definition) is 2. The quantitative estimate of drug-likeness (QED) is 0.877. The number of nitrogens with one attached hydrogen (secondary N) is 1. The molecule has 0 amide bonds. The third-order valence-corrected chi connectivity index (χ3v) is 2.68. The highest BCUT2D eigenvalue weighted by Crippen LogP contribution is 2.12. The van der Waals surface area contributed by atoms with E-state index in [1.165, 1.54) is 5.56 Å². The SMILES string of the molecule is Clc1cnccc1CNCc1ccccc1. The lowest BCUT2D eigenvalue weighted by atomic mass is 10.2. The molecule has 0 saturated heterocycles. The van der Waals surface area contributed by atoms with Gasteiger partial charge in [0.15, 0.2) is 0 Å². The molecule has 16 heavy (non-hydrogen) atoms. The van der Waals surface area contributed by atoms with Crippen molar-refractivity contribution in [3.8, 4) is 0 Å². The third kappa shape index (κ3) is 3.05. The van der Waals surface area contributed by atoms with Crippen molar-refractivity contribution < 1.29 is 0 Å². The van der Waals surface area contributed by atoms with Gasteiger partial charge in [-0.2, -0.15) is 0 Å². The lowest BCUT2D eigenvalue weighted by Crippen LogP contribution is -2.12. The van der Waals surface area contributed by atoms with Crippen molar-refractivity contribution in [2.45, 2.75) is 13.1 Å². The van der Waals surface area contributed by atoms with Gasteiger partial charge in [0.2, 0.25) is 0 Å². The standard InChI is InChI=1S/C13H13ClN2/c14-13-10-15-7-6-12(13)9-16-8-11-4-2-1-3-5-11/h1-7,10,16H,8-9H2. The molecule has 2 rings (SSSR count). The van der Waals surface area contributed by atoms with Gasteiger partial charge in [0.25, 0.3) is 0 Å². The molecule has 3 heteroatoms. The average molecular weight is 233 g/mol. The van der Waals surface area contributed by atoms with Crippen molar-refractivity contribution in [3.05, 3.63) is 64.9 Å². The number of hydrogen-bond donors (Lipinski definition) is 1. The van der Waals surface area contributed by atoms with E-state index in [2.05, 4.69) is 22.4 Å². The van der Waals surface area contributed by atoms with Crippen LogP contribution in [0.4, 0.5) is 0 Å². The van der Waals surface area contributed by atoms with Crippen LogP contribution in [-0.4, -0.2) is 4.98 Å². The summed E-state index contributed by atoms with van der Waals surface area (Å²) in [6.45, 7) is 1.61. The van der Waals surface area contributed by atoms with Gasteiger partial charge in [0, 0.05) is 25.5 Å². The minimum atomic E-state index is 0.711. The Morgan fingerprint density at radius 3 is 2.62 bits per heavy atom. The number of rotatable bonds is 4. The van der Waals surface area contributed by atoms with Gasteiger partial charge in [-0.1, -0.05) is 41.9 Å². The molecule has 0 aliphatic carbocycles. The van der Waals surface area contributed by atoms with Crippen molar-refractivity contribution in [1.82, 2.24) is 10.3 Å². The first kappa shape index (κ1) is 11.1. The average Bonchev–Trinajstić information content (AvgIpc) is 2.33. The molecule has 82 valence electrons. The Kier molecular flexibility index (Phi) is 3.91. The van der Waals surface area contributed by atoms with Gasteiger partial charge in [-0.25, -0.2) is 0 Å². The summed E-state index contributed by atoms with van der Waals surface area (Å²) >= 11 is 6.00. The van der Waals surface area contributed by atoms with E-state index >= 15 is 0 Å². The molecule has 1 heterocycles. The fraction of sp³-hybridized carbons (Fsp3) is 0.154. The van der Waals surface area contributed by atoms with Gasteiger partial charge >= 0.3 is 0 Å². The Morgan fingerprint density at radius 1 is 1.06 bits per heavy atom. The maximum absolute atomic E-state index is 6.00. The normalized spacial score (nSPS) is 10.3. The highest BCUT2D eigenvalue weighted by molar-refractivity contribution is 6.31. The molecule has 1 aromatic carbocycles. The van der Waals surface area contributed by atoms with Crippen LogP contribution in [0.25, 0.3) is 0 Å². The molecule has 0 aliphatic heterocycles. The van der Waals surface area contributed by atoms with Gasteiger partial charge in [-0.3, -0.25) is 4.98 Å². The number of halogens is 1. The van der Waals surface area contributed by atoms with Crippen LogP contribution in [0.2, 0.25) is 5.02 Å². The van der Waals surface area contributed by atoms with E-state index in [1.807, 2.05) is 24.3 Å². The Bertz CT molecular complexity index is 443. The predicted octanol–water partition coefficient (Wildman–Crippen LogP) is 3.02. The summed E-state index contributed by atoms with van der Waals surface area (Å²) in [6.07, 6.45) is 3.42. The fourth-order valence-corrected chi connectivity index (χ4v) is 1.67. The van der Waals surface area contributed by atoms with Gasteiger partial charge in [-0.15, -0.1) is 0 Å². The van der Waals surface area contributed by atoms with Gasteiger partial charge in [0.1, 0.15) is 0 Å². The van der Waals surface area contributed by atoms with E-state index in [4.69, 9.17) is 11.6 Å². The number of nitrogens with zero attached hydrogens (tertiary/aromatic N) is 1. The second-order valence-electron chi connectivity index (χ2n) is 3.56. The zero-order valence-electron chi connectivity index (χ0n) is 8.86. The van der Waals surface area contributed by atoms with Crippen molar-refractivity contribution in [1.29, 1.82) is 0 Å². The topological polar surface area (TPSA) is 24.9 Å². The molecular formula is C13H13ClN2.